The van der Waals surface area contributed by atoms with Crippen molar-refractivity contribution in [3.05, 3.63) is 65.7 Å². The van der Waals surface area contributed by atoms with Crippen LogP contribution in [0.2, 0.25) is 0 Å². The van der Waals surface area contributed by atoms with Gasteiger partial charge in [-0.15, -0.1) is 10.2 Å². The zero-order chi connectivity index (χ0) is 31.5. The predicted octanol–water partition coefficient (Wildman–Crippen LogP) is 1.58. The molecule has 15 heteroatoms. The number of aromatic nitrogens is 7. The number of amides is 3. The molecule has 230 valence electrons. The number of hydrogen-bond donors (Lipinski definition) is 5. The molecular formula is C29H34N10O5. The molecule has 0 fully saturated rings. The van der Waals surface area contributed by atoms with Gasteiger partial charge in [0.25, 0.3) is 0 Å². The Morgan fingerprint density at radius 2 is 1.73 bits per heavy atom. The van der Waals surface area contributed by atoms with E-state index >= 15 is 0 Å². The number of nitrogens with one attached hydrogen (secondary N) is 4. The van der Waals surface area contributed by atoms with Crippen LogP contribution in [0.1, 0.15) is 56.7 Å². The Bertz CT molecular complexity index is 1580. The maximum Gasteiger partial charge on any atom is 0.326 e. The number of hydrazine groups is 1. The summed E-state index contributed by atoms with van der Waals surface area (Å²) in [5.41, 5.74) is 8.39. The van der Waals surface area contributed by atoms with Gasteiger partial charge in [0.1, 0.15) is 11.9 Å². The van der Waals surface area contributed by atoms with E-state index in [0.29, 0.717) is 24.6 Å². The van der Waals surface area contributed by atoms with Crippen LogP contribution in [0.3, 0.4) is 0 Å². The number of benzene rings is 2. The minimum atomic E-state index is -1.25. The molecule has 0 spiro atoms. The number of aliphatic carboxylic acids is 1. The summed E-state index contributed by atoms with van der Waals surface area (Å²) in [6, 6.07) is 14.7. The van der Waals surface area contributed by atoms with Gasteiger partial charge in [0.05, 0.1) is 13.0 Å². The smallest absolute Gasteiger partial charge is 0.326 e. The van der Waals surface area contributed by atoms with Crippen LogP contribution in [0.15, 0.2) is 48.5 Å². The van der Waals surface area contributed by atoms with Crippen LogP contribution in [-0.4, -0.2) is 70.2 Å². The van der Waals surface area contributed by atoms with Gasteiger partial charge >= 0.3 is 5.97 Å². The van der Waals surface area contributed by atoms with Gasteiger partial charge in [0, 0.05) is 25.3 Å². The first-order valence-electron chi connectivity index (χ1n) is 14.2. The molecule has 0 saturated carbocycles. The molecule has 0 aliphatic heterocycles. The van der Waals surface area contributed by atoms with E-state index in [0.717, 1.165) is 40.9 Å². The molecule has 0 bridgehead atoms. The summed E-state index contributed by atoms with van der Waals surface area (Å²) in [6.07, 6.45) is 2.05. The normalized spacial score (nSPS) is 11.5. The van der Waals surface area contributed by atoms with Gasteiger partial charge in [-0.2, -0.15) is 10.3 Å². The first kappa shape index (κ1) is 31.5. The number of aromatic amines is 1. The van der Waals surface area contributed by atoms with Crippen molar-refractivity contribution in [2.45, 2.75) is 65.0 Å². The number of aryl methyl sites for hydroxylation is 1. The fourth-order valence-electron chi connectivity index (χ4n) is 4.48. The average Bonchev–Trinajstić information content (AvgIpc) is 3.67. The molecule has 3 amide bonds. The molecule has 0 unspecified atom stereocenters. The standard InChI is InChI=1S/C29H34N10O5/c1-3-4-9-25-31-24(16-27(42)33-32-26(41)15-14-23(29(43)44)30-18(2)40)36-39(25)17-19-10-12-20(13-11-19)21-7-5-6-8-22(21)28-34-37-38-35-28/h5-8,10-13,23H,3-4,9,14-17H2,1-2H3,(H,30,40)(H,32,41)(H,33,42)(H,43,44)(H,34,35,37,38)/t23-/m0/s1. The van der Waals surface area contributed by atoms with Gasteiger partial charge in [-0.3, -0.25) is 25.2 Å². The number of carbonyl (C=O) groups is 4. The summed E-state index contributed by atoms with van der Waals surface area (Å²) < 4.78 is 1.78. The quantitative estimate of drug-likeness (QED) is 0.132. The number of nitrogens with zero attached hydrogens (tertiary/aromatic N) is 6. The predicted molar refractivity (Wildman–Crippen MR) is 157 cm³/mol. The highest BCUT2D eigenvalue weighted by atomic mass is 16.4. The van der Waals surface area contributed by atoms with Gasteiger partial charge in [0.15, 0.2) is 5.82 Å². The largest absolute Gasteiger partial charge is 0.480 e. The Morgan fingerprint density at radius 3 is 2.39 bits per heavy atom. The highest BCUT2D eigenvalue weighted by molar-refractivity contribution is 5.85. The second-order valence-corrected chi connectivity index (χ2v) is 10.1. The van der Waals surface area contributed by atoms with Crippen molar-refractivity contribution in [2.24, 2.45) is 0 Å². The lowest BCUT2D eigenvalue weighted by molar-refractivity contribution is -0.142. The van der Waals surface area contributed by atoms with Crippen molar-refractivity contribution in [3.8, 4) is 22.5 Å². The molecule has 2 aromatic heterocycles. The molecule has 4 rings (SSSR count). The molecule has 4 aromatic rings. The van der Waals surface area contributed by atoms with Gasteiger partial charge in [0.2, 0.25) is 23.5 Å². The van der Waals surface area contributed by atoms with Crippen LogP contribution in [0, 0.1) is 0 Å². The van der Waals surface area contributed by atoms with Gasteiger partial charge in [-0.25, -0.2) is 14.5 Å². The topological polar surface area (TPSA) is 210 Å². The molecule has 2 aromatic carbocycles. The fourth-order valence-corrected chi connectivity index (χ4v) is 4.48. The summed E-state index contributed by atoms with van der Waals surface area (Å²) in [5, 5.41) is 30.3. The summed E-state index contributed by atoms with van der Waals surface area (Å²) in [5.74, 6) is -1.32. The number of rotatable bonds is 14. The Balaban J connectivity index is 1.37. The van der Waals surface area contributed by atoms with E-state index in [1.807, 2.05) is 48.5 Å². The van der Waals surface area contributed by atoms with E-state index in [9.17, 15) is 19.2 Å². The first-order valence-corrected chi connectivity index (χ1v) is 14.2. The zero-order valence-electron chi connectivity index (χ0n) is 24.4. The molecule has 0 saturated heterocycles. The highest BCUT2D eigenvalue weighted by Crippen LogP contribution is 2.29. The van der Waals surface area contributed by atoms with E-state index in [4.69, 9.17) is 5.11 Å². The van der Waals surface area contributed by atoms with E-state index in [1.165, 1.54) is 6.92 Å². The Morgan fingerprint density at radius 1 is 1.00 bits per heavy atom. The Hall–Kier alpha value is -5.47. The highest BCUT2D eigenvalue weighted by Gasteiger charge is 2.20. The summed E-state index contributed by atoms with van der Waals surface area (Å²) in [4.78, 5) is 51.5. The molecule has 2 heterocycles. The van der Waals surface area contributed by atoms with Gasteiger partial charge in [-0.05, 0) is 34.7 Å². The minimum Gasteiger partial charge on any atom is -0.480 e. The van der Waals surface area contributed by atoms with Crippen molar-refractivity contribution in [1.82, 2.24) is 51.6 Å². The van der Waals surface area contributed by atoms with E-state index in [-0.39, 0.29) is 19.3 Å². The number of unbranched alkanes of at least 4 members (excludes halogenated alkanes) is 1. The number of H-pyrrole nitrogens is 1. The Labute approximate surface area is 252 Å². The van der Waals surface area contributed by atoms with Gasteiger partial charge in [-0.1, -0.05) is 61.9 Å². The second kappa shape index (κ2) is 15.1. The van der Waals surface area contributed by atoms with Crippen molar-refractivity contribution in [2.75, 3.05) is 0 Å². The van der Waals surface area contributed by atoms with Gasteiger partial charge < -0.3 is 10.4 Å². The third-order valence-electron chi connectivity index (χ3n) is 6.65. The molecule has 0 aliphatic carbocycles. The number of carboxylic acid groups (broad SMARTS) is 1. The SMILES string of the molecule is CCCCc1nc(CC(=O)NNC(=O)CC[C@H](NC(C)=O)C(=O)O)nn1Cc1ccc(-c2ccccc2-c2nn[nH]n2)cc1. The van der Waals surface area contributed by atoms with Crippen molar-refractivity contribution in [1.29, 1.82) is 0 Å². The summed E-state index contributed by atoms with van der Waals surface area (Å²) >= 11 is 0. The third-order valence-corrected chi connectivity index (χ3v) is 6.65. The molecule has 0 aliphatic rings. The number of tetrazole rings is 1. The number of hydrogen-bond acceptors (Lipinski definition) is 9. The monoisotopic (exact) mass is 602 g/mol. The van der Waals surface area contributed by atoms with E-state index < -0.39 is 29.7 Å². The lowest BCUT2D eigenvalue weighted by Gasteiger charge is -2.13. The molecule has 15 nitrogen and oxygen atoms in total. The van der Waals surface area contributed by atoms with Crippen molar-refractivity contribution in [3.63, 3.8) is 0 Å². The van der Waals surface area contributed by atoms with Crippen LogP contribution in [0.25, 0.3) is 22.5 Å². The third kappa shape index (κ3) is 8.77. The van der Waals surface area contributed by atoms with Crippen LogP contribution >= 0.6 is 0 Å². The molecule has 44 heavy (non-hydrogen) atoms. The van der Waals surface area contributed by atoms with Crippen LogP contribution in [0.4, 0.5) is 0 Å². The molecular weight excluding hydrogens is 568 g/mol. The number of carbonyl (C=O) groups excluding carboxylic acids is 3. The van der Waals surface area contributed by atoms with Crippen LogP contribution in [0.5, 0.6) is 0 Å². The van der Waals surface area contributed by atoms with Crippen LogP contribution < -0.4 is 16.2 Å². The summed E-state index contributed by atoms with van der Waals surface area (Å²) in [6.45, 7) is 3.73. The molecule has 0 radical (unpaired) electrons. The zero-order valence-corrected chi connectivity index (χ0v) is 24.4. The maximum atomic E-state index is 12.5. The first-order chi connectivity index (χ1) is 21.2. The van der Waals surface area contributed by atoms with E-state index in [2.05, 4.69) is 53.8 Å². The van der Waals surface area contributed by atoms with Crippen LogP contribution in [-0.2, 0) is 38.6 Å². The van der Waals surface area contributed by atoms with E-state index in [1.54, 1.807) is 4.68 Å². The maximum absolute atomic E-state index is 12.5. The second-order valence-electron chi connectivity index (χ2n) is 10.1. The lowest BCUT2D eigenvalue weighted by Crippen LogP contribution is -2.44. The van der Waals surface area contributed by atoms with Crippen molar-refractivity contribution >= 4 is 23.7 Å². The molecule has 1 atom stereocenters. The molecule has 5 N–H and O–H groups in total. The Kier molecular flexibility index (Phi) is 10.8. The minimum absolute atomic E-state index is 0.129. The lowest BCUT2D eigenvalue weighted by atomic mass is 9.98. The summed E-state index contributed by atoms with van der Waals surface area (Å²) in [7, 11) is 0. The average molecular weight is 603 g/mol. The fraction of sp³-hybridized carbons (Fsp3) is 0.345. The van der Waals surface area contributed by atoms with Crippen molar-refractivity contribution < 1.29 is 24.3 Å². The number of carboxylic acids is 1.